The topological polar surface area (TPSA) is 9.23 Å². The van der Waals surface area contributed by atoms with E-state index in [1.54, 1.807) is 4.74 Å². The van der Waals surface area contributed by atoms with Gasteiger partial charge in [0, 0.05) is 0 Å². The molecule has 27 heavy (non-hydrogen) atoms. The minimum absolute atomic E-state index is 1.78. The van der Waals surface area contributed by atoms with Gasteiger partial charge in [-0.15, -0.1) is 0 Å². The van der Waals surface area contributed by atoms with Gasteiger partial charge in [0.15, 0.2) is 0 Å². The second-order valence-corrected chi connectivity index (χ2v) is 4.81. The van der Waals surface area contributed by atoms with Gasteiger partial charge in [0.1, 0.15) is 0 Å². The Kier molecular flexibility index (Phi) is 7.72. The second kappa shape index (κ2) is 8.06. The van der Waals surface area contributed by atoms with Crippen molar-refractivity contribution in [2.45, 2.75) is 50.8 Å². The quantitative estimate of drug-likeness (QED) is 0.389. The van der Waals surface area contributed by atoms with Crippen LogP contribution in [-0.4, -0.2) is 50.8 Å². The summed E-state index contributed by atoms with van der Waals surface area (Å²) < 4.78 is 205. The molecule has 0 radical (unpaired) electrons. The lowest BCUT2D eigenvalue weighted by Crippen LogP contribution is -2.65. The molecule has 0 saturated heterocycles. The maximum Gasteiger partial charge on any atom is 0.382 e. The van der Waals surface area contributed by atoms with Crippen LogP contribution in [0, 0.1) is 10.8 Å². The summed E-state index contributed by atoms with van der Waals surface area (Å²) in [6.07, 6.45) is -48.0. The molecular formula is C10H6F16O. The van der Waals surface area contributed by atoms with Gasteiger partial charge in [0.25, 0.3) is 38.6 Å². The van der Waals surface area contributed by atoms with Crippen molar-refractivity contribution in [2.75, 3.05) is 0 Å². The van der Waals surface area contributed by atoms with Crippen LogP contribution < -0.4 is 0 Å². The van der Waals surface area contributed by atoms with Crippen LogP contribution >= 0.6 is 0 Å². The maximum atomic E-state index is 13.4. The molecule has 1 nitrogen and oxygen atoms in total. The number of halogens is 16. The highest BCUT2D eigenvalue weighted by Crippen LogP contribution is 2.58. The molecule has 0 aromatic carbocycles. The van der Waals surface area contributed by atoms with Crippen molar-refractivity contribution in [2.24, 2.45) is 10.8 Å². The van der Waals surface area contributed by atoms with E-state index in [0.717, 1.165) is 0 Å². The zero-order valence-corrected chi connectivity index (χ0v) is 11.9. The van der Waals surface area contributed by atoms with Crippen molar-refractivity contribution >= 4 is 0 Å². The molecule has 0 aliphatic carbocycles. The van der Waals surface area contributed by atoms with Crippen LogP contribution in [0.1, 0.15) is 0 Å². The summed E-state index contributed by atoms with van der Waals surface area (Å²) >= 11 is 0. The Bertz CT molecular complexity index is 388. The summed E-state index contributed by atoms with van der Waals surface area (Å²) in [5.41, 5.74) is -12.9. The van der Waals surface area contributed by atoms with Crippen LogP contribution in [-0.2, 0) is 4.74 Å². The molecule has 0 unspecified atom stereocenters. The van der Waals surface area contributed by atoms with E-state index in [9.17, 15) is 70.2 Å². The van der Waals surface area contributed by atoms with E-state index in [0.29, 0.717) is 0 Å². The summed E-state index contributed by atoms with van der Waals surface area (Å²) in [5.74, 6) is 0. The lowest BCUT2D eigenvalue weighted by atomic mass is 9.85. The van der Waals surface area contributed by atoms with E-state index in [2.05, 4.69) is 0 Å². The van der Waals surface area contributed by atoms with E-state index in [1.807, 2.05) is 0 Å². The van der Waals surface area contributed by atoms with E-state index in [1.165, 1.54) is 0 Å². The van der Waals surface area contributed by atoms with Gasteiger partial charge in [0.2, 0.25) is 10.8 Å². The molecule has 0 atom stereocenters. The van der Waals surface area contributed by atoms with Gasteiger partial charge in [-0.1, -0.05) is 0 Å². The lowest BCUT2D eigenvalue weighted by molar-refractivity contribution is -0.491. The van der Waals surface area contributed by atoms with E-state index >= 15 is 0 Å². The van der Waals surface area contributed by atoms with Crippen molar-refractivity contribution in [3.8, 4) is 0 Å². The Morgan fingerprint density at radius 1 is 0.370 bits per heavy atom. The smallest absolute Gasteiger partial charge is 0.253 e. The molecule has 0 aliphatic rings. The standard InChI is InChI=1S/C10H6F16O/c11-1(12)7(2(13)14,3(15)16)9(23,24)27-10(25,26)8(4(17)18,5(19)20)6(21)22/h1-6H. The predicted octanol–water partition coefficient (Wildman–Crippen LogP) is 5.75. The Morgan fingerprint density at radius 3 is 0.630 bits per heavy atom. The first kappa shape index (κ1) is 25.8. The molecule has 0 N–H and O–H groups in total. The average molecular weight is 446 g/mol. The van der Waals surface area contributed by atoms with Crippen LogP contribution in [0.5, 0.6) is 0 Å². The maximum absolute atomic E-state index is 13.4. The van der Waals surface area contributed by atoms with Crippen molar-refractivity contribution in [3.63, 3.8) is 0 Å². The highest BCUT2D eigenvalue weighted by Gasteiger charge is 2.80. The largest absolute Gasteiger partial charge is 0.382 e. The fourth-order valence-corrected chi connectivity index (χ4v) is 1.67. The minimum atomic E-state index is -7.23. The molecule has 17 heteroatoms. The van der Waals surface area contributed by atoms with E-state index < -0.39 is 61.6 Å². The zero-order chi connectivity index (χ0) is 22.2. The number of hydrogen-bond acceptors (Lipinski definition) is 1. The molecule has 164 valence electrons. The molecule has 0 bridgehead atoms. The van der Waals surface area contributed by atoms with E-state index in [-0.39, 0.29) is 0 Å². The summed E-state index contributed by atoms with van der Waals surface area (Å²) in [6, 6.07) is 0. The molecule has 0 aromatic rings. The summed E-state index contributed by atoms with van der Waals surface area (Å²) in [4.78, 5) is 0. The number of alkyl halides is 16. The third-order valence-electron chi connectivity index (χ3n) is 3.43. The third kappa shape index (κ3) is 3.74. The van der Waals surface area contributed by atoms with Gasteiger partial charge >= 0.3 is 12.2 Å². The van der Waals surface area contributed by atoms with Crippen molar-refractivity contribution in [1.82, 2.24) is 0 Å². The van der Waals surface area contributed by atoms with E-state index in [4.69, 9.17) is 0 Å². The van der Waals surface area contributed by atoms with Crippen molar-refractivity contribution in [1.29, 1.82) is 0 Å². The van der Waals surface area contributed by atoms with Crippen LogP contribution in [0.15, 0.2) is 0 Å². The number of hydrogen-bond donors (Lipinski definition) is 0. The molecule has 0 fully saturated rings. The van der Waals surface area contributed by atoms with Gasteiger partial charge < -0.3 is 0 Å². The van der Waals surface area contributed by atoms with Crippen molar-refractivity contribution < 1.29 is 75.0 Å². The summed E-state index contributed by atoms with van der Waals surface area (Å²) in [7, 11) is 0. The number of ether oxygens (including phenoxy) is 1. The minimum Gasteiger partial charge on any atom is -0.253 e. The molecule has 0 heterocycles. The average Bonchev–Trinajstić information content (AvgIpc) is 2.33. The Labute approximate surface area is 138 Å². The number of rotatable bonds is 10. The van der Waals surface area contributed by atoms with Crippen LogP contribution in [0.25, 0.3) is 0 Å². The molecule has 0 aromatic heterocycles. The fourth-order valence-electron chi connectivity index (χ4n) is 1.67. The van der Waals surface area contributed by atoms with Gasteiger partial charge in [-0.3, -0.25) is 4.74 Å². The first-order valence-electron chi connectivity index (χ1n) is 6.01. The fraction of sp³-hybridized carbons (Fsp3) is 1.00. The third-order valence-corrected chi connectivity index (χ3v) is 3.43. The van der Waals surface area contributed by atoms with Crippen LogP contribution in [0.3, 0.4) is 0 Å². The summed E-state index contributed by atoms with van der Waals surface area (Å²) in [5, 5.41) is 0. The normalized spacial score (nSPS) is 15.3. The SMILES string of the molecule is FC(F)C(C(F)F)(C(F)F)C(F)(F)OC(F)(F)C(C(F)F)(C(F)F)C(F)F. The van der Waals surface area contributed by atoms with Crippen LogP contribution in [0.2, 0.25) is 0 Å². The van der Waals surface area contributed by atoms with Gasteiger partial charge in [0.05, 0.1) is 0 Å². The van der Waals surface area contributed by atoms with Gasteiger partial charge in [-0.05, 0) is 0 Å². The zero-order valence-electron chi connectivity index (χ0n) is 11.9. The Balaban J connectivity index is 6.56. The monoisotopic (exact) mass is 446 g/mol. The first-order valence-corrected chi connectivity index (χ1v) is 6.01. The first-order chi connectivity index (χ1) is 11.9. The summed E-state index contributed by atoms with van der Waals surface area (Å²) in [6.45, 7) is 0. The second-order valence-electron chi connectivity index (χ2n) is 4.81. The predicted molar refractivity (Wildman–Crippen MR) is 51.9 cm³/mol. The van der Waals surface area contributed by atoms with Gasteiger partial charge in [-0.2, -0.15) is 17.6 Å². The van der Waals surface area contributed by atoms with Gasteiger partial charge in [-0.25, -0.2) is 52.7 Å². The molecule has 0 aliphatic heterocycles. The molecule has 0 saturated carbocycles. The Hall–Kier alpha value is -1.16. The highest BCUT2D eigenvalue weighted by atomic mass is 19.3. The highest BCUT2D eigenvalue weighted by molar-refractivity contribution is 5.00. The van der Waals surface area contributed by atoms with Crippen molar-refractivity contribution in [3.05, 3.63) is 0 Å². The molecule has 0 spiro atoms. The van der Waals surface area contributed by atoms with Crippen LogP contribution in [0.4, 0.5) is 70.2 Å². The molecule has 0 amide bonds. The Morgan fingerprint density at radius 2 is 0.519 bits per heavy atom. The molecular weight excluding hydrogens is 440 g/mol. The lowest BCUT2D eigenvalue weighted by Gasteiger charge is -2.43. The molecule has 0 rings (SSSR count).